The van der Waals surface area contributed by atoms with Crippen LogP contribution in [0.4, 0.5) is 5.69 Å². The van der Waals surface area contributed by atoms with Crippen molar-refractivity contribution >= 4 is 11.7 Å². The van der Waals surface area contributed by atoms with Crippen molar-refractivity contribution in [1.82, 2.24) is 9.55 Å². The van der Waals surface area contributed by atoms with Crippen LogP contribution in [0, 0.1) is 6.92 Å². The van der Waals surface area contributed by atoms with Crippen molar-refractivity contribution in [3.63, 3.8) is 0 Å². The van der Waals surface area contributed by atoms with Gasteiger partial charge in [0.25, 0.3) is 0 Å². The third kappa shape index (κ3) is 7.83. The number of oxazole rings is 1. The standard InChI is InChI=1S/C23H27N3O3.C4H8/c1-4-16(2)22-25-20(17(3)29-22)11-12-24-19-9-7-18(8-10-19)15-21(23(27)28)26-13-5-6-14-26;1-3-4-2/h4-10,13-14,16,21,24H,1,11-12,15H2,2-3H3,(H,27,28);3-4H,1-2H3/b;4-3-. The molecule has 2 heterocycles. The number of allylic oxidation sites excluding steroid dienone is 3. The minimum atomic E-state index is -0.837. The first-order valence-corrected chi connectivity index (χ1v) is 11.2. The maximum absolute atomic E-state index is 11.6. The van der Waals surface area contributed by atoms with E-state index in [2.05, 4.69) is 16.9 Å². The lowest BCUT2D eigenvalue weighted by Gasteiger charge is -2.15. The Labute approximate surface area is 196 Å². The normalized spacial score (nSPS) is 12.6. The lowest BCUT2D eigenvalue weighted by molar-refractivity contribution is -0.140. The molecule has 0 bridgehead atoms. The van der Waals surface area contributed by atoms with E-state index < -0.39 is 12.0 Å². The number of aromatic nitrogens is 2. The second kappa shape index (κ2) is 13.1. The molecule has 2 aromatic heterocycles. The zero-order valence-corrected chi connectivity index (χ0v) is 20.0. The summed E-state index contributed by atoms with van der Waals surface area (Å²) in [6.07, 6.45) is 10.6. The molecule has 2 atom stereocenters. The molecule has 0 radical (unpaired) electrons. The zero-order chi connectivity index (χ0) is 24.2. The molecule has 2 N–H and O–H groups in total. The number of aliphatic carboxylic acids is 1. The van der Waals surface area contributed by atoms with Gasteiger partial charge in [-0.1, -0.05) is 37.3 Å². The highest BCUT2D eigenvalue weighted by Gasteiger charge is 2.19. The zero-order valence-electron chi connectivity index (χ0n) is 20.0. The van der Waals surface area contributed by atoms with E-state index in [1.807, 2.05) is 82.3 Å². The van der Waals surface area contributed by atoms with E-state index in [0.717, 1.165) is 35.7 Å². The number of carboxylic acid groups (broad SMARTS) is 1. The number of aryl methyl sites for hydroxylation is 1. The molecule has 176 valence electrons. The summed E-state index contributed by atoms with van der Waals surface area (Å²) in [6.45, 7) is 12.4. The summed E-state index contributed by atoms with van der Waals surface area (Å²) in [5.74, 6) is 0.809. The number of anilines is 1. The number of nitrogens with zero attached hydrogens (tertiary/aromatic N) is 2. The highest BCUT2D eigenvalue weighted by Crippen LogP contribution is 2.20. The molecule has 0 fully saturated rings. The molecule has 3 aromatic rings. The van der Waals surface area contributed by atoms with Crippen LogP contribution in [0.15, 0.2) is 78.0 Å². The molecular formula is C27H35N3O3. The number of hydrogen-bond acceptors (Lipinski definition) is 4. The number of nitrogens with one attached hydrogen (secondary N) is 1. The third-order valence-electron chi connectivity index (χ3n) is 5.33. The maximum atomic E-state index is 11.6. The minimum absolute atomic E-state index is 0.101. The number of carbonyl (C=O) groups is 1. The van der Waals surface area contributed by atoms with Gasteiger partial charge in [0.15, 0.2) is 0 Å². The van der Waals surface area contributed by atoms with Crippen LogP contribution < -0.4 is 5.32 Å². The monoisotopic (exact) mass is 449 g/mol. The van der Waals surface area contributed by atoms with Crippen molar-refractivity contribution in [3.05, 3.63) is 96.5 Å². The van der Waals surface area contributed by atoms with Crippen molar-refractivity contribution < 1.29 is 14.3 Å². The van der Waals surface area contributed by atoms with Crippen LogP contribution in [0.25, 0.3) is 0 Å². The smallest absolute Gasteiger partial charge is 0.327 e. The Morgan fingerprint density at radius 1 is 1.21 bits per heavy atom. The van der Waals surface area contributed by atoms with Gasteiger partial charge in [0.2, 0.25) is 5.89 Å². The largest absolute Gasteiger partial charge is 0.480 e. The summed E-state index contributed by atoms with van der Waals surface area (Å²) < 4.78 is 7.43. The lowest BCUT2D eigenvalue weighted by atomic mass is 10.1. The summed E-state index contributed by atoms with van der Waals surface area (Å²) in [7, 11) is 0. The summed E-state index contributed by atoms with van der Waals surface area (Å²) in [5.41, 5.74) is 2.92. The summed E-state index contributed by atoms with van der Waals surface area (Å²) >= 11 is 0. The molecule has 0 saturated carbocycles. The predicted octanol–water partition coefficient (Wildman–Crippen LogP) is 6.18. The van der Waals surface area contributed by atoms with Crippen molar-refractivity contribution in [2.24, 2.45) is 0 Å². The van der Waals surface area contributed by atoms with Gasteiger partial charge in [0.1, 0.15) is 11.8 Å². The molecule has 2 unspecified atom stereocenters. The van der Waals surface area contributed by atoms with Crippen molar-refractivity contribution in [2.75, 3.05) is 11.9 Å². The Hall–Kier alpha value is -3.54. The number of hydrogen-bond donors (Lipinski definition) is 2. The maximum Gasteiger partial charge on any atom is 0.327 e. The summed E-state index contributed by atoms with van der Waals surface area (Å²) in [6, 6.07) is 10.9. The second-order valence-corrected chi connectivity index (χ2v) is 7.81. The Morgan fingerprint density at radius 2 is 1.85 bits per heavy atom. The first-order chi connectivity index (χ1) is 15.9. The average molecular weight is 450 g/mol. The average Bonchev–Trinajstić information content (AvgIpc) is 3.48. The molecule has 6 heteroatoms. The fraction of sp³-hybridized carbons (Fsp3) is 0.333. The Balaban J connectivity index is 0.000000890. The van der Waals surface area contributed by atoms with Gasteiger partial charge in [-0.05, 0) is 50.6 Å². The van der Waals surface area contributed by atoms with Gasteiger partial charge in [-0.2, -0.15) is 0 Å². The van der Waals surface area contributed by atoms with Crippen molar-refractivity contribution in [3.8, 4) is 0 Å². The molecule has 33 heavy (non-hydrogen) atoms. The minimum Gasteiger partial charge on any atom is -0.480 e. The van der Waals surface area contributed by atoms with Gasteiger partial charge in [0, 0.05) is 37.5 Å². The van der Waals surface area contributed by atoms with Gasteiger partial charge < -0.3 is 19.4 Å². The molecule has 0 aliphatic heterocycles. The molecule has 0 amide bonds. The topological polar surface area (TPSA) is 80.3 Å². The molecule has 0 saturated heterocycles. The number of rotatable bonds is 10. The van der Waals surface area contributed by atoms with Gasteiger partial charge in [-0.15, -0.1) is 6.58 Å². The van der Waals surface area contributed by atoms with Crippen LogP contribution in [0.5, 0.6) is 0 Å². The van der Waals surface area contributed by atoms with E-state index in [1.165, 1.54) is 0 Å². The summed E-state index contributed by atoms with van der Waals surface area (Å²) in [5, 5.41) is 12.9. The van der Waals surface area contributed by atoms with E-state index in [9.17, 15) is 9.90 Å². The lowest BCUT2D eigenvalue weighted by Crippen LogP contribution is -2.20. The van der Waals surface area contributed by atoms with E-state index >= 15 is 0 Å². The highest BCUT2D eigenvalue weighted by molar-refractivity contribution is 5.72. The van der Waals surface area contributed by atoms with Crippen molar-refractivity contribution in [1.29, 1.82) is 0 Å². The van der Waals surface area contributed by atoms with Gasteiger partial charge >= 0.3 is 5.97 Å². The van der Waals surface area contributed by atoms with Crippen LogP contribution in [0.3, 0.4) is 0 Å². The molecule has 0 spiro atoms. The third-order valence-corrected chi connectivity index (χ3v) is 5.33. The fourth-order valence-corrected chi connectivity index (χ4v) is 3.16. The van der Waals surface area contributed by atoms with E-state index in [1.54, 1.807) is 17.0 Å². The van der Waals surface area contributed by atoms with Crippen molar-refractivity contribution in [2.45, 2.75) is 52.5 Å². The van der Waals surface area contributed by atoms with Gasteiger partial charge in [-0.25, -0.2) is 9.78 Å². The molecule has 6 nitrogen and oxygen atoms in total. The molecule has 1 aromatic carbocycles. The number of carboxylic acids is 1. The molecule has 0 aliphatic carbocycles. The van der Waals surface area contributed by atoms with Crippen LogP contribution in [-0.2, 0) is 17.6 Å². The van der Waals surface area contributed by atoms with Crippen LogP contribution in [0.1, 0.15) is 55.6 Å². The molecule has 0 aliphatic rings. The van der Waals surface area contributed by atoms with Gasteiger partial charge in [-0.3, -0.25) is 0 Å². The first kappa shape index (κ1) is 25.7. The Morgan fingerprint density at radius 3 is 2.39 bits per heavy atom. The van der Waals surface area contributed by atoms with Crippen LogP contribution in [-0.4, -0.2) is 27.2 Å². The fourth-order valence-electron chi connectivity index (χ4n) is 3.16. The first-order valence-electron chi connectivity index (χ1n) is 11.2. The predicted molar refractivity (Wildman–Crippen MR) is 134 cm³/mol. The van der Waals surface area contributed by atoms with E-state index in [4.69, 9.17) is 4.42 Å². The van der Waals surface area contributed by atoms with E-state index in [0.29, 0.717) is 12.3 Å². The van der Waals surface area contributed by atoms with Crippen LogP contribution >= 0.6 is 0 Å². The molecule has 3 rings (SSSR count). The quantitative estimate of drug-likeness (QED) is 0.361. The van der Waals surface area contributed by atoms with Gasteiger partial charge in [0.05, 0.1) is 11.6 Å². The molecular weight excluding hydrogens is 414 g/mol. The Kier molecular flexibility index (Phi) is 10.2. The van der Waals surface area contributed by atoms with Crippen LogP contribution in [0.2, 0.25) is 0 Å². The number of benzene rings is 1. The SMILES string of the molecule is C/C=C\C.C=CC(C)c1nc(CCNc2ccc(CC(C(=O)O)n3cccc3)cc2)c(C)o1. The van der Waals surface area contributed by atoms with E-state index in [-0.39, 0.29) is 5.92 Å². The second-order valence-electron chi connectivity index (χ2n) is 7.81. The summed E-state index contributed by atoms with van der Waals surface area (Å²) in [4.78, 5) is 16.1. The highest BCUT2D eigenvalue weighted by atomic mass is 16.4. The Bertz CT molecular complexity index is 1010.